The molecular weight excluding hydrogens is 317 g/mol. The molecule has 5 heteroatoms. The van der Waals surface area contributed by atoms with Gasteiger partial charge in [0.2, 0.25) is 0 Å². The van der Waals surface area contributed by atoms with Crippen LogP contribution in [0, 0.1) is 11.7 Å². The number of halogens is 1. The van der Waals surface area contributed by atoms with Crippen molar-refractivity contribution in [3.8, 4) is 0 Å². The molecule has 4 nitrogen and oxygen atoms in total. The van der Waals surface area contributed by atoms with E-state index in [1.807, 2.05) is 6.07 Å². The van der Waals surface area contributed by atoms with Gasteiger partial charge in [-0.3, -0.25) is 0 Å². The number of piperidine rings is 1. The van der Waals surface area contributed by atoms with Gasteiger partial charge in [-0.15, -0.1) is 0 Å². The van der Waals surface area contributed by atoms with Crippen LogP contribution in [0.2, 0.25) is 0 Å². The zero-order valence-electron chi connectivity index (χ0n) is 14.2. The molecule has 25 heavy (non-hydrogen) atoms. The maximum Gasteiger partial charge on any atom is 0.319 e. The predicted molar refractivity (Wildman–Crippen MR) is 98.1 cm³/mol. The average molecular weight is 341 g/mol. The van der Waals surface area contributed by atoms with Crippen LogP contribution >= 0.6 is 0 Å². The van der Waals surface area contributed by atoms with Gasteiger partial charge in [0.05, 0.1) is 0 Å². The third kappa shape index (κ3) is 5.57. The van der Waals surface area contributed by atoms with E-state index in [1.54, 1.807) is 12.1 Å². The zero-order chi connectivity index (χ0) is 17.5. The molecule has 2 aromatic carbocycles. The van der Waals surface area contributed by atoms with Gasteiger partial charge in [-0.25, -0.2) is 9.18 Å². The van der Waals surface area contributed by atoms with E-state index < -0.39 is 0 Å². The van der Waals surface area contributed by atoms with E-state index >= 15 is 0 Å². The van der Waals surface area contributed by atoms with Crippen LogP contribution in [-0.4, -0.2) is 25.2 Å². The van der Waals surface area contributed by atoms with Crippen LogP contribution in [0.4, 0.5) is 14.9 Å². The smallest absolute Gasteiger partial charge is 0.319 e. The Labute approximate surface area is 147 Å². The highest BCUT2D eigenvalue weighted by Crippen LogP contribution is 2.19. The predicted octanol–water partition coefficient (Wildman–Crippen LogP) is 3.56. The van der Waals surface area contributed by atoms with E-state index in [0.717, 1.165) is 25.8 Å². The van der Waals surface area contributed by atoms with Gasteiger partial charge in [0.15, 0.2) is 0 Å². The monoisotopic (exact) mass is 341 g/mol. The van der Waals surface area contributed by atoms with Crippen LogP contribution in [0.3, 0.4) is 0 Å². The molecule has 0 bridgehead atoms. The highest BCUT2D eigenvalue weighted by atomic mass is 19.1. The molecule has 3 N–H and O–H groups in total. The number of carbonyl (C=O) groups is 1. The minimum atomic E-state index is -0.365. The Morgan fingerprint density at radius 2 is 1.96 bits per heavy atom. The Kier molecular flexibility index (Phi) is 6.01. The second-order valence-corrected chi connectivity index (χ2v) is 6.58. The fraction of sp³-hybridized carbons (Fsp3) is 0.350. The van der Waals surface area contributed by atoms with Crippen molar-refractivity contribution in [3.63, 3.8) is 0 Å². The number of amides is 2. The van der Waals surface area contributed by atoms with Crippen molar-refractivity contribution >= 4 is 11.7 Å². The second-order valence-electron chi connectivity index (χ2n) is 6.58. The van der Waals surface area contributed by atoms with E-state index in [1.165, 1.54) is 17.7 Å². The number of urea groups is 1. The van der Waals surface area contributed by atoms with Gasteiger partial charge in [-0.1, -0.05) is 36.4 Å². The van der Waals surface area contributed by atoms with Crippen molar-refractivity contribution in [2.24, 2.45) is 5.92 Å². The van der Waals surface area contributed by atoms with E-state index in [4.69, 9.17) is 0 Å². The summed E-state index contributed by atoms with van der Waals surface area (Å²) in [5.74, 6) is 0.274. The van der Waals surface area contributed by atoms with Gasteiger partial charge in [-0.2, -0.15) is 0 Å². The average Bonchev–Trinajstić information content (AvgIpc) is 2.62. The molecule has 132 valence electrons. The number of carbonyl (C=O) groups excluding carboxylic acids is 1. The van der Waals surface area contributed by atoms with Crippen LogP contribution in [0.1, 0.15) is 18.4 Å². The normalized spacial score (nSPS) is 20.0. The molecule has 0 saturated carbocycles. The molecule has 1 aliphatic rings. The first-order valence-corrected chi connectivity index (χ1v) is 8.77. The molecule has 1 fully saturated rings. The van der Waals surface area contributed by atoms with Crippen molar-refractivity contribution in [3.05, 3.63) is 66.0 Å². The van der Waals surface area contributed by atoms with E-state index in [9.17, 15) is 9.18 Å². The molecule has 0 aromatic heterocycles. The fourth-order valence-corrected chi connectivity index (χ4v) is 3.23. The summed E-state index contributed by atoms with van der Waals surface area (Å²) in [6.45, 7) is 1.53. The minimum Gasteiger partial charge on any atom is -0.336 e. The highest BCUT2D eigenvalue weighted by Gasteiger charge is 2.21. The van der Waals surface area contributed by atoms with Crippen molar-refractivity contribution in [1.29, 1.82) is 0 Å². The number of hydrogen-bond acceptors (Lipinski definition) is 2. The van der Waals surface area contributed by atoms with Gasteiger partial charge in [-0.05, 0) is 55.5 Å². The first-order chi connectivity index (χ1) is 12.2. The number of anilines is 1. The number of benzene rings is 2. The van der Waals surface area contributed by atoms with Crippen molar-refractivity contribution in [2.45, 2.75) is 25.3 Å². The van der Waals surface area contributed by atoms with E-state index in [2.05, 4.69) is 40.2 Å². The van der Waals surface area contributed by atoms with Gasteiger partial charge in [0.1, 0.15) is 5.82 Å². The molecule has 2 atom stereocenters. The van der Waals surface area contributed by atoms with Crippen LogP contribution < -0.4 is 16.0 Å². The molecule has 1 saturated heterocycles. The Hall–Kier alpha value is -2.40. The number of hydrogen-bond donors (Lipinski definition) is 3. The highest BCUT2D eigenvalue weighted by molar-refractivity contribution is 5.89. The van der Waals surface area contributed by atoms with Crippen molar-refractivity contribution < 1.29 is 9.18 Å². The van der Waals surface area contributed by atoms with Crippen molar-refractivity contribution in [1.82, 2.24) is 10.6 Å². The molecular formula is C20H24FN3O. The molecule has 1 aliphatic heterocycles. The van der Waals surface area contributed by atoms with E-state index in [-0.39, 0.29) is 17.9 Å². The Bertz CT molecular complexity index is 684. The van der Waals surface area contributed by atoms with Gasteiger partial charge in [0.25, 0.3) is 0 Å². The fourth-order valence-electron chi connectivity index (χ4n) is 3.23. The van der Waals surface area contributed by atoms with Gasteiger partial charge < -0.3 is 16.0 Å². The third-order valence-corrected chi connectivity index (χ3v) is 4.58. The molecule has 0 aliphatic carbocycles. The lowest BCUT2D eigenvalue weighted by Crippen LogP contribution is -2.47. The molecule has 0 radical (unpaired) electrons. The van der Waals surface area contributed by atoms with Crippen LogP contribution in [0.25, 0.3) is 0 Å². The summed E-state index contributed by atoms with van der Waals surface area (Å²) in [5, 5.41) is 9.01. The summed E-state index contributed by atoms with van der Waals surface area (Å²) >= 11 is 0. The number of rotatable bonds is 5. The standard InChI is InChI=1S/C20H24FN3O/c21-17-7-4-8-18(12-17)24-20(25)23-14-19-10-9-16(13-22-19)11-15-5-2-1-3-6-15/h1-8,12,16,19,22H,9-11,13-14H2,(H2,23,24,25)/t16-,19+/m0/s1. The summed E-state index contributed by atoms with van der Waals surface area (Å²) in [5.41, 5.74) is 1.83. The minimum absolute atomic E-state index is 0.283. The zero-order valence-corrected chi connectivity index (χ0v) is 14.2. The molecule has 1 heterocycles. The second kappa shape index (κ2) is 8.62. The van der Waals surface area contributed by atoms with Crippen LogP contribution in [0.15, 0.2) is 54.6 Å². The summed E-state index contributed by atoms with van der Waals surface area (Å²) in [6, 6.07) is 16.4. The first kappa shape index (κ1) is 17.4. The first-order valence-electron chi connectivity index (χ1n) is 8.77. The molecule has 3 rings (SSSR count). The van der Waals surface area contributed by atoms with Gasteiger partial charge >= 0.3 is 6.03 Å². The Morgan fingerprint density at radius 3 is 2.68 bits per heavy atom. The third-order valence-electron chi connectivity index (χ3n) is 4.58. The molecule has 0 spiro atoms. The van der Waals surface area contributed by atoms with E-state index in [0.29, 0.717) is 18.2 Å². The van der Waals surface area contributed by atoms with Crippen molar-refractivity contribution in [2.75, 3.05) is 18.4 Å². The number of nitrogens with one attached hydrogen (secondary N) is 3. The quantitative estimate of drug-likeness (QED) is 0.779. The largest absolute Gasteiger partial charge is 0.336 e. The van der Waals surface area contributed by atoms with Crippen LogP contribution in [0.5, 0.6) is 0 Å². The lowest BCUT2D eigenvalue weighted by molar-refractivity contribution is 0.247. The maximum absolute atomic E-state index is 13.1. The summed E-state index contributed by atoms with van der Waals surface area (Å²) < 4.78 is 13.1. The maximum atomic E-state index is 13.1. The molecule has 2 aromatic rings. The Morgan fingerprint density at radius 1 is 1.12 bits per heavy atom. The van der Waals surface area contributed by atoms with Gasteiger partial charge in [0, 0.05) is 18.3 Å². The molecule has 0 unspecified atom stereocenters. The Balaban J connectivity index is 1.37. The lowest BCUT2D eigenvalue weighted by atomic mass is 9.89. The summed E-state index contributed by atoms with van der Waals surface area (Å²) in [4.78, 5) is 11.9. The summed E-state index contributed by atoms with van der Waals surface area (Å²) in [7, 11) is 0. The summed E-state index contributed by atoms with van der Waals surface area (Å²) in [6.07, 6.45) is 3.28. The van der Waals surface area contributed by atoms with Crippen LogP contribution in [-0.2, 0) is 6.42 Å². The topological polar surface area (TPSA) is 53.2 Å². The SMILES string of the molecule is O=C(NC[C@H]1CC[C@@H](Cc2ccccc2)CN1)Nc1cccc(F)c1. The lowest BCUT2D eigenvalue weighted by Gasteiger charge is -2.30. The molecule has 2 amide bonds.